The second-order valence-electron chi connectivity index (χ2n) is 5.36. The normalized spacial score (nSPS) is 12.4. The van der Waals surface area contributed by atoms with Gasteiger partial charge in [0.15, 0.2) is 0 Å². The molecule has 0 saturated carbocycles. The Hall–Kier alpha value is -2.14. The molecule has 1 amide bonds. The molecule has 0 fully saturated rings. The number of amides is 1. The number of nitrogens with one attached hydrogen (secondary N) is 2. The Bertz CT molecular complexity index is 715. The Morgan fingerprint density at radius 2 is 2.18 bits per heavy atom. The number of carbonyl (C=O) groups is 1. The summed E-state index contributed by atoms with van der Waals surface area (Å²) in [6.07, 6.45) is 2.38. The van der Waals surface area contributed by atoms with Gasteiger partial charge in [-0.2, -0.15) is 0 Å². The van der Waals surface area contributed by atoms with Crippen molar-refractivity contribution in [2.24, 2.45) is 0 Å². The summed E-state index contributed by atoms with van der Waals surface area (Å²) in [7, 11) is 0. The van der Waals surface area contributed by atoms with Crippen molar-refractivity contribution in [1.82, 2.24) is 15.3 Å². The number of aryl methyl sites for hydroxylation is 1. The van der Waals surface area contributed by atoms with Gasteiger partial charge in [0, 0.05) is 11.3 Å². The molecule has 1 aromatic carbocycles. The number of H-pyrrole nitrogens is 1. The van der Waals surface area contributed by atoms with Crippen LogP contribution in [0.5, 0.6) is 0 Å². The fraction of sp³-hybridized carbons (Fsp3) is 0.294. The van der Waals surface area contributed by atoms with E-state index < -0.39 is 0 Å². The van der Waals surface area contributed by atoms with E-state index in [0.29, 0.717) is 6.42 Å². The van der Waals surface area contributed by atoms with E-state index in [2.05, 4.69) is 26.7 Å². The minimum absolute atomic E-state index is 0.0736. The van der Waals surface area contributed by atoms with Crippen molar-refractivity contribution in [3.05, 3.63) is 52.5 Å². The van der Waals surface area contributed by atoms with Gasteiger partial charge < -0.3 is 10.3 Å². The van der Waals surface area contributed by atoms with Crippen LogP contribution < -0.4 is 5.32 Å². The molecule has 3 aromatic rings. The molecule has 0 saturated heterocycles. The summed E-state index contributed by atoms with van der Waals surface area (Å²) < 4.78 is 0. The smallest absolute Gasteiger partial charge is 0.220 e. The van der Waals surface area contributed by atoms with Gasteiger partial charge in [0.2, 0.25) is 5.91 Å². The average Bonchev–Trinajstić information content (AvgIpc) is 3.16. The number of thiophene rings is 1. The Morgan fingerprint density at radius 3 is 2.95 bits per heavy atom. The molecule has 2 aromatic heterocycles. The molecule has 5 heteroatoms. The van der Waals surface area contributed by atoms with E-state index in [4.69, 9.17) is 0 Å². The van der Waals surface area contributed by atoms with E-state index in [1.54, 1.807) is 11.3 Å². The molecular formula is C17H19N3OS. The van der Waals surface area contributed by atoms with E-state index in [1.165, 1.54) is 4.88 Å². The van der Waals surface area contributed by atoms with E-state index in [1.807, 2.05) is 37.3 Å². The summed E-state index contributed by atoms with van der Waals surface area (Å²) in [5, 5.41) is 5.08. The number of hydrogen-bond acceptors (Lipinski definition) is 3. The molecule has 1 atom stereocenters. The number of aromatic nitrogens is 2. The van der Waals surface area contributed by atoms with Crippen LogP contribution in [-0.4, -0.2) is 15.9 Å². The quantitative estimate of drug-likeness (QED) is 0.726. The highest BCUT2D eigenvalue weighted by molar-refractivity contribution is 7.09. The Kier molecular flexibility index (Phi) is 4.53. The van der Waals surface area contributed by atoms with Crippen LogP contribution >= 0.6 is 11.3 Å². The number of para-hydroxylation sites is 2. The molecule has 0 radical (unpaired) electrons. The standard InChI is InChI=1S/C17H19N3OS/c1-12(17-19-14-8-2-3-9-15(14)20-17)18-16(21)10-4-6-13-7-5-11-22-13/h2-3,5,7-9,11-12H,4,6,10H2,1H3,(H,18,21)(H,19,20). The van der Waals surface area contributed by atoms with Crippen LogP contribution in [0.15, 0.2) is 41.8 Å². The SMILES string of the molecule is CC(NC(=O)CCCc1cccs1)c1nc2ccccc2[nH]1. The summed E-state index contributed by atoms with van der Waals surface area (Å²) in [4.78, 5) is 21.1. The summed E-state index contributed by atoms with van der Waals surface area (Å²) in [5.74, 6) is 0.873. The van der Waals surface area contributed by atoms with Crippen LogP contribution in [0.3, 0.4) is 0 Å². The molecule has 0 bridgehead atoms. The zero-order chi connectivity index (χ0) is 15.4. The third-order valence-electron chi connectivity index (χ3n) is 3.60. The third kappa shape index (κ3) is 3.54. The van der Waals surface area contributed by atoms with Gasteiger partial charge in [0.05, 0.1) is 17.1 Å². The number of hydrogen-bond donors (Lipinski definition) is 2. The van der Waals surface area contributed by atoms with Gasteiger partial charge in [-0.3, -0.25) is 4.79 Å². The van der Waals surface area contributed by atoms with Crippen molar-refractivity contribution >= 4 is 28.3 Å². The summed E-state index contributed by atoms with van der Waals surface area (Å²) in [6, 6.07) is 11.9. The highest BCUT2D eigenvalue weighted by atomic mass is 32.1. The number of fused-ring (bicyclic) bond motifs is 1. The van der Waals surface area contributed by atoms with Gasteiger partial charge >= 0.3 is 0 Å². The summed E-state index contributed by atoms with van der Waals surface area (Å²) in [6.45, 7) is 1.95. The van der Waals surface area contributed by atoms with E-state index >= 15 is 0 Å². The third-order valence-corrected chi connectivity index (χ3v) is 4.54. The van der Waals surface area contributed by atoms with Crippen molar-refractivity contribution < 1.29 is 4.79 Å². The van der Waals surface area contributed by atoms with E-state index in [0.717, 1.165) is 29.7 Å². The number of imidazole rings is 1. The Morgan fingerprint density at radius 1 is 1.32 bits per heavy atom. The molecule has 0 spiro atoms. The highest BCUT2D eigenvalue weighted by Crippen LogP contribution is 2.16. The van der Waals surface area contributed by atoms with Crippen molar-refractivity contribution in [2.45, 2.75) is 32.2 Å². The number of nitrogens with zero attached hydrogens (tertiary/aromatic N) is 1. The zero-order valence-corrected chi connectivity index (χ0v) is 13.3. The first kappa shape index (κ1) is 14.8. The van der Waals surface area contributed by atoms with Crippen LogP contribution in [0.4, 0.5) is 0 Å². The zero-order valence-electron chi connectivity index (χ0n) is 12.5. The van der Waals surface area contributed by atoms with Gasteiger partial charge in [0.1, 0.15) is 5.82 Å². The van der Waals surface area contributed by atoms with Crippen LogP contribution in [0.1, 0.15) is 36.5 Å². The van der Waals surface area contributed by atoms with Gasteiger partial charge in [0.25, 0.3) is 0 Å². The van der Waals surface area contributed by atoms with Crippen LogP contribution in [-0.2, 0) is 11.2 Å². The van der Waals surface area contributed by atoms with Crippen LogP contribution in [0, 0.1) is 0 Å². The van der Waals surface area contributed by atoms with Gasteiger partial charge in [-0.25, -0.2) is 4.98 Å². The topological polar surface area (TPSA) is 57.8 Å². The first-order valence-corrected chi connectivity index (χ1v) is 8.37. The minimum Gasteiger partial charge on any atom is -0.346 e. The molecule has 114 valence electrons. The van der Waals surface area contributed by atoms with Crippen LogP contribution in [0.25, 0.3) is 11.0 Å². The molecule has 2 heterocycles. The number of carbonyl (C=O) groups excluding carboxylic acids is 1. The second-order valence-corrected chi connectivity index (χ2v) is 6.39. The predicted octanol–water partition coefficient (Wildman–Crippen LogP) is 3.82. The molecular weight excluding hydrogens is 294 g/mol. The van der Waals surface area contributed by atoms with Crippen molar-refractivity contribution in [1.29, 1.82) is 0 Å². The van der Waals surface area contributed by atoms with Crippen LogP contribution in [0.2, 0.25) is 0 Å². The maximum atomic E-state index is 12.0. The molecule has 22 heavy (non-hydrogen) atoms. The lowest BCUT2D eigenvalue weighted by Crippen LogP contribution is -2.27. The number of rotatable bonds is 6. The lowest BCUT2D eigenvalue weighted by molar-refractivity contribution is -0.121. The minimum atomic E-state index is -0.110. The van der Waals surface area contributed by atoms with E-state index in [-0.39, 0.29) is 11.9 Å². The Balaban J connectivity index is 1.52. The Labute approximate surface area is 133 Å². The molecule has 4 nitrogen and oxygen atoms in total. The first-order chi connectivity index (χ1) is 10.7. The average molecular weight is 313 g/mol. The highest BCUT2D eigenvalue weighted by Gasteiger charge is 2.13. The number of aromatic amines is 1. The van der Waals surface area contributed by atoms with Crippen molar-refractivity contribution in [2.75, 3.05) is 0 Å². The molecule has 3 rings (SSSR count). The van der Waals surface area contributed by atoms with Gasteiger partial charge in [-0.15, -0.1) is 11.3 Å². The fourth-order valence-corrected chi connectivity index (χ4v) is 3.19. The first-order valence-electron chi connectivity index (χ1n) is 7.49. The molecule has 0 aliphatic heterocycles. The molecule has 0 aliphatic rings. The molecule has 0 aliphatic carbocycles. The summed E-state index contributed by atoms with van der Waals surface area (Å²) in [5.41, 5.74) is 1.92. The lowest BCUT2D eigenvalue weighted by atomic mass is 10.2. The monoisotopic (exact) mass is 313 g/mol. The molecule has 2 N–H and O–H groups in total. The summed E-state index contributed by atoms with van der Waals surface area (Å²) >= 11 is 1.74. The largest absolute Gasteiger partial charge is 0.346 e. The van der Waals surface area contributed by atoms with Gasteiger partial charge in [-0.05, 0) is 43.3 Å². The lowest BCUT2D eigenvalue weighted by Gasteiger charge is -2.11. The number of benzene rings is 1. The predicted molar refractivity (Wildman–Crippen MR) is 89.9 cm³/mol. The molecule has 1 unspecified atom stereocenters. The second kappa shape index (κ2) is 6.75. The fourth-order valence-electron chi connectivity index (χ4n) is 2.44. The van der Waals surface area contributed by atoms with Gasteiger partial charge in [-0.1, -0.05) is 18.2 Å². The van der Waals surface area contributed by atoms with Crippen molar-refractivity contribution in [3.8, 4) is 0 Å². The maximum absolute atomic E-state index is 12.0. The maximum Gasteiger partial charge on any atom is 0.220 e. The van der Waals surface area contributed by atoms with Crippen molar-refractivity contribution in [3.63, 3.8) is 0 Å². The van der Waals surface area contributed by atoms with E-state index in [9.17, 15) is 4.79 Å².